The van der Waals surface area contributed by atoms with E-state index in [1.165, 1.54) is 38.7 Å². The number of fused-ring (bicyclic) bond motifs is 11. The fourth-order valence-corrected chi connectivity index (χ4v) is 10.3. The van der Waals surface area contributed by atoms with Crippen LogP contribution in [0.15, 0.2) is 119 Å². The van der Waals surface area contributed by atoms with Crippen molar-refractivity contribution in [2.24, 2.45) is 4.99 Å². The zero-order valence-electron chi connectivity index (χ0n) is 31.1. The molecule has 5 heterocycles. The van der Waals surface area contributed by atoms with Crippen molar-refractivity contribution >= 4 is 41.0 Å². The molecule has 2 unspecified atom stereocenters. The molecule has 0 saturated carbocycles. The van der Waals surface area contributed by atoms with Crippen molar-refractivity contribution in [2.75, 3.05) is 0 Å². The van der Waals surface area contributed by atoms with Crippen molar-refractivity contribution < 1.29 is 8.98 Å². The Bertz CT molecular complexity index is 2420. The molecule has 4 nitrogen and oxygen atoms in total. The Labute approximate surface area is 303 Å². The van der Waals surface area contributed by atoms with E-state index in [4.69, 9.17) is 21.0 Å². The minimum absolute atomic E-state index is 0.0245. The van der Waals surface area contributed by atoms with Gasteiger partial charge in [-0.15, -0.1) is 0 Å². The SMILES string of the molecule is C=C/C1=N/C(=C)C2C(CCc3cc(C(C)(C)C)c4c(oc5nc(-c6ccccc6)ccc54)c31)c1ccccc1-c1cc(CC)c([Si](C)(C)C)c[n+]12. The van der Waals surface area contributed by atoms with Crippen molar-refractivity contribution in [1.82, 2.24) is 4.98 Å². The fourth-order valence-electron chi connectivity index (χ4n) is 8.61. The minimum Gasteiger partial charge on any atom is -0.437 e. The summed E-state index contributed by atoms with van der Waals surface area (Å²) in [6.45, 7) is 25.6. The first-order valence-electron chi connectivity index (χ1n) is 18.4. The van der Waals surface area contributed by atoms with Gasteiger partial charge in [-0.25, -0.2) is 9.98 Å². The predicted octanol–water partition coefficient (Wildman–Crippen LogP) is 10.8. The summed E-state index contributed by atoms with van der Waals surface area (Å²) >= 11 is 0. The monoisotopic (exact) mass is 686 g/mol. The first-order chi connectivity index (χ1) is 24.4. The molecule has 0 radical (unpaired) electrons. The molecule has 5 heteroatoms. The Morgan fingerprint density at radius 1 is 0.980 bits per heavy atom. The number of pyridine rings is 2. The number of furan rings is 1. The number of allylic oxidation sites excluding steroid dienone is 2. The molecule has 0 N–H and O–H groups in total. The largest absolute Gasteiger partial charge is 0.437 e. The average Bonchev–Trinajstić information content (AvgIpc) is 3.51. The first kappa shape index (κ1) is 33.3. The number of rotatable bonds is 4. The van der Waals surface area contributed by atoms with Gasteiger partial charge in [0.05, 0.1) is 25.4 Å². The maximum absolute atomic E-state index is 6.89. The quantitative estimate of drug-likeness (QED) is 0.137. The van der Waals surface area contributed by atoms with Gasteiger partial charge in [0, 0.05) is 38.7 Å². The van der Waals surface area contributed by atoms with Crippen molar-refractivity contribution in [2.45, 2.75) is 84.0 Å². The molecule has 8 rings (SSSR count). The zero-order valence-corrected chi connectivity index (χ0v) is 32.1. The molecule has 0 bridgehead atoms. The molecule has 256 valence electrons. The molecule has 0 amide bonds. The second kappa shape index (κ2) is 12.1. The van der Waals surface area contributed by atoms with Crippen molar-refractivity contribution in [1.29, 1.82) is 0 Å². The Morgan fingerprint density at radius 3 is 2.43 bits per heavy atom. The Hall–Kier alpha value is -4.87. The van der Waals surface area contributed by atoms with Gasteiger partial charge in [-0.3, -0.25) is 0 Å². The lowest BCUT2D eigenvalue weighted by Crippen LogP contribution is -2.54. The number of hydrogen-bond acceptors (Lipinski definition) is 3. The van der Waals surface area contributed by atoms with Crippen LogP contribution in [0.4, 0.5) is 0 Å². The van der Waals surface area contributed by atoms with Gasteiger partial charge in [0.1, 0.15) is 11.3 Å². The van der Waals surface area contributed by atoms with E-state index < -0.39 is 8.07 Å². The highest BCUT2D eigenvalue weighted by Crippen LogP contribution is 2.47. The lowest BCUT2D eigenvalue weighted by atomic mass is 9.77. The number of benzene rings is 3. The molecular weight excluding hydrogens is 639 g/mol. The van der Waals surface area contributed by atoms with Crippen LogP contribution in [0.5, 0.6) is 0 Å². The summed E-state index contributed by atoms with van der Waals surface area (Å²) in [6, 6.07) is 28.5. The van der Waals surface area contributed by atoms with Crippen molar-refractivity contribution in [3.8, 4) is 22.5 Å². The van der Waals surface area contributed by atoms with Gasteiger partial charge in [0.2, 0.25) is 17.4 Å². The normalized spacial score (nSPS) is 18.5. The van der Waals surface area contributed by atoms with E-state index in [9.17, 15) is 0 Å². The van der Waals surface area contributed by atoms with E-state index >= 15 is 0 Å². The summed E-state index contributed by atoms with van der Waals surface area (Å²) in [4.78, 5) is 10.5. The van der Waals surface area contributed by atoms with Gasteiger partial charge in [-0.05, 0) is 71.2 Å². The van der Waals surface area contributed by atoms with Crippen LogP contribution in [-0.4, -0.2) is 18.8 Å². The van der Waals surface area contributed by atoms with Crippen molar-refractivity contribution in [3.63, 3.8) is 0 Å². The van der Waals surface area contributed by atoms with Crippen molar-refractivity contribution in [3.05, 3.63) is 138 Å². The summed E-state index contributed by atoms with van der Waals surface area (Å²) < 4.78 is 9.42. The van der Waals surface area contributed by atoms with Gasteiger partial charge >= 0.3 is 0 Å². The third-order valence-electron chi connectivity index (χ3n) is 11.1. The topological polar surface area (TPSA) is 42.3 Å². The number of hydrogen-bond donors (Lipinski definition) is 0. The van der Waals surface area contributed by atoms with E-state index in [0.717, 1.165) is 63.8 Å². The fraction of sp³-hybridized carbons (Fsp3) is 0.283. The smallest absolute Gasteiger partial charge is 0.227 e. The van der Waals surface area contributed by atoms with E-state index in [-0.39, 0.29) is 17.4 Å². The van der Waals surface area contributed by atoms with Crippen LogP contribution >= 0.6 is 0 Å². The Balaban J connectivity index is 1.39. The third-order valence-corrected chi connectivity index (χ3v) is 13.1. The molecule has 3 aromatic carbocycles. The predicted molar refractivity (Wildman–Crippen MR) is 216 cm³/mol. The van der Waals surface area contributed by atoms with E-state index in [2.05, 4.69) is 125 Å². The highest BCUT2D eigenvalue weighted by atomic mass is 28.3. The summed E-state index contributed by atoms with van der Waals surface area (Å²) in [6.07, 6.45) is 7.20. The average molecular weight is 687 g/mol. The molecule has 0 saturated heterocycles. The van der Waals surface area contributed by atoms with Gasteiger partial charge in [0.25, 0.3) is 0 Å². The number of aromatic nitrogens is 2. The van der Waals surface area contributed by atoms with Crippen LogP contribution in [0.25, 0.3) is 44.6 Å². The number of nitrogens with zero attached hydrogens (tertiary/aromatic N) is 3. The van der Waals surface area contributed by atoms with E-state index in [1.807, 2.05) is 24.3 Å². The van der Waals surface area contributed by atoms with Gasteiger partial charge in [0.15, 0.2) is 6.20 Å². The van der Waals surface area contributed by atoms with Crippen LogP contribution in [0.1, 0.15) is 73.9 Å². The van der Waals surface area contributed by atoms with Crippen LogP contribution in [0.3, 0.4) is 0 Å². The Kier molecular flexibility index (Phi) is 7.91. The summed E-state index contributed by atoms with van der Waals surface area (Å²) in [7, 11) is -1.65. The molecular formula is C46H48N3OSi+. The molecule has 3 aromatic heterocycles. The zero-order chi connectivity index (χ0) is 35.8. The molecule has 6 aromatic rings. The first-order valence-corrected chi connectivity index (χ1v) is 21.9. The minimum atomic E-state index is -1.65. The second-order valence-corrected chi connectivity index (χ2v) is 21.4. The van der Waals surface area contributed by atoms with Crippen LogP contribution in [0, 0.1) is 0 Å². The van der Waals surface area contributed by atoms with E-state index in [0.29, 0.717) is 5.71 Å². The standard InChI is InChI=1S/C46H48N3OSi/c1-10-29-26-39-33-20-16-15-19-32(33)34-22-21-31-25-36(46(4,5)6)42-35-23-24-38(30-17-13-12-14-18-30)48-45(35)50-44(42)41(31)37(11-2)47-28(3)43(34)49(39)27-40(29)51(7,8)9/h11-20,23-27,34,43H,2-3,10,21-22H2,1,4-9H3/q+1/b47-37-. The van der Waals surface area contributed by atoms with E-state index in [1.54, 1.807) is 0 Å². The van der Waals surface area contributed by atoms with Gasteiger partial charge < -0.3 is 4.42 Å². The lowest BCUT2D eigenvalue weighted by molar-refractivity contribution is -0.708. The number of aryl methyl sites for hydroxylation is 2. The number of aliphatic imine (C=N–C) groups is 1. The molecule has 2 aliphatic heterocycles. The molecule has 2 aliphatic rings. The van der Waals surface area contributed by atoms with Gasteiger partial charge in [-0.2, -0.15) is 4.57 Å². The summed E-state index contributed by atoms with van der Waals surface area (Å²) in [5, 5.41) is 3.64. The Morgan fingerprint density at radius 2 is 1.73 bits per heavy atom. The lowest BCUT2D eigenvalue weighted by Gasteiger charge is -2.32. The van der Waals surface area contributed by atoms with Crippen LogP contribution in [-0.2, 0) is 18.3 Å². The third kappa shape index (κ3) is 5.45. The maximum Gasteiger partial charge on any atom is 0.227 e. The molecule has 51 heavy (non-hydrogen) atoms. The molecule has 2 atom stereocenters. The highest BCUT2D eigenvalue weighted by Gasteiger charge is 2.44. The highest BCUT2D eigenvalue weighted by molar-refractivity contribution is 6.89. The molecule has 0 spiro atoms. The van der Waals surface area contributed by atoms with Crippen LogP contribution in [0.2, 0.25) is 19.6 Å². The van der Waals surface area contributed by atoms with Gasteiger partial charge in [-0.1, -0.05) is 115 Å². The summed E-state index contributed by atoms with van der Waals surface area (Å²) in [5.74, 6) is 0.202. The summed E-state index contributed by atoms with van der Waals surface area (Å²) in [5.41, 5.74) is 13.9. The molecule has 0 aliphatic carbocycles. The molecule has 0 fully saturated rings. The second-order valence-electron chi connectivity index (χ2n) is 16.4. The maximum atomic E-state index is 6.89. The van der Waals surface area contributed by atoms with Crippen LogP contribution < -0.4 is 9.75 Å².